The Bertz CT molecular complexity index is 957. The maximum atomic E-state index is 14.2. The largest absolute Gasteiger partial charge is 0.462 e. The minimum Gasteiger partial charge on any atom is -0.462 e. The lowest BCUT2D eigenvalue weighted by Gasteiger charge is -2.65. The summed E-state index contributed by atoms with van der Waals surface area (Å²) in [5.41, 5.74) is 0.538. The highest BCUT2D eigenvalue weighted by Gasteiger charge is 2.72. The molecule has 9 atom stereocenters. The number of Topliss-reactive ketones (excluding diaryl/α,β-unsaturated/α-hetero) is 2. The normalized spacial score (nSPS) is 44.2. The second-order valence-electron chi connectivity index (χ2n) is 14.6. The standard InChI is InChI=1S/C32H50O4/c1-19(2)11-10-12-20(3)22-13-16-31(8)28-23(34)17-25-29(5,6)26(36-21(4)33)14-15-30(25,7)27(28)24(35)18-32(22,31)9/h11,20,22,25-28H,10,12-18H2,1-9H3/t20-,22-,25+,26?,27+,28-,30+,31+,32-/m1/s1. The molecule has 0 aliphatic heterocycles. The molecule has 202 valence electrons. The Balaban J connectivity index is 1.67. The summed E-state index contributed by atoms with van der Waals surface area (Å²) in [6, 6.07) is 0. The van der Waals surface area contributed by atoms with E-state index in [1.165, 1.54) is 12.5 Å². The van der Waals surface area contributed by atoms with E-state index in [-0.39, 0.29) is 51.5 Å². The Kier molecular flexibility index (Phi) is 6.96. The Labute approximate surface area is 219 Å². The first-order chi connectivity index (χ1) is 16.6. The van der Waals surface area contributed by atoms with E-state index in [4.69, 9.17) is 4.74 Å². The SMILES string of the molecule is CC(=O)OC1CC[C@]2(C)[C@H]3C(=O)C[C@]4(C)[C@@H]([C@H](C)CCC=C(C)C)CC[C@@]4(C)[C@@H]3C(=O)C[C@H]2C1(C)C. The van der Waals surface area contributed by atoms with Crippen LogP contribution in [0.3, 0.4) is 0 Å². The second-order valence-corrected chi connectivity index (χ2v) is 14.6. The molecule has 0 aromatic heterocycles. The van der Waals surface area contributed by atoms with E-state index in [1.807, 2.05) is 0 Å². The van der Waals surface area contributed by atoms with Gasteiger partial charge >= 0.3 is 5.97 Å². The van der Waals surface area contributed by atoms with Crippen molar-refractivity contribution in [2.45, 2.75) is 120 Å². The van der Waals surface area contributed by atoms with E-state index in [0.29, 0.717) is 36.2 Å². The lowest BCUT2D eigenvalue weighted by molar-refractivity contribution is -0.206. The van der Waals surface area contributed by atoms with E-state index in [2.05, 4.69) is 61.5 Å². The summed E-state index contributed by atoms with van der Waals surface area (Å²) in [4.78, 5) is 40.2. The highest BCUT2D eigenvalue weighted by atomic mass is 16.5. The van der Waals surface area contributed by atoms with Gasteiger partial charge in [0, 0.05) is 37.0 Å². The predicted molar refractivity (Wildman–Crippen MR) is 143 cm³/mol. The third-order valence-electron chi connectivity index (χ3n) is 12.1. The van der Waals surface area contributed by atoms with Crippen LogP contribution in [0.4, 0.5) is 0 Å². The highest BCUT2D eigenvalue weighted by molar-refractivity contribution is 5.95. The Morgan fingerprint density at radius 2 is 1.64 bits per heavy atom. The number of carbonyl (C=O) groups is 3. The molecule has 4 saturated carbocycles. The third kappa shape index (κ3) is 3.95. The molecule has 0 aromatic rings. The van der Waals surface area contributed by atoms with Crippen molar-refractivity contribution in [3.05, 3.63) is 11.6 Å². The second kappa shape index (κ2) is 9.09. The molecule has 4 aliphatic carbocycles. The van der Waals surface area contributed by atoms with Gasteiger partial charge in [0.1, 0.15) is 17.7 Å². The first-order valence-electron chi connectivity index (χ1n) is 14.5. The molecule has 0 radical (unpaired) electrons. The molecule has 0 bridgehead atoms. The van der Waals surface area contributed by atoms with Crippen molar-refractivity contribution in [2.75, 3.05) is 0 Å². The number of hydrogen-bond donors (Lipinski definition) is 0. The molecule has 4 heteroatoms. The summed E-state index contributed by atoms with van der Waals surface area (Å²) < 4.78 is 5.75. The average Bonchev–Trinajstić information content (AvgIpc) is 3.02. The molecular weight excluding hydrogens is 448 g/mol. The fourth-order valence-electron chi connectivity index (χ4n) is 10.1. The van der Waals surface area contributed by atoms with E-state index in [0.717, 1.165) is 38.5 Å². The van der Waals surface area contributed by atoms with Crippen molar-refractivity contribution in [3.63, 3.8) is 0 Å². The van der Waals surface area contributed by atoms with Crippen molar-refractivity contribution in [1.82, 2.24) is 0 Å². The Morgan fingerprint density at radius 3 is 2.25 bits per heavy atom. The number of ketones is 2. The van der Waals surface area contributed by atoms with Gasteiger partial charge in [-0.15, -0.1) is 0 Å². The molecule has 0 amide bonds. The van der Waals surface area contributed by atoms with Gasteiger partial charge in [-0.05, 0) is 86.4 Å². The van der Waals surface area contributed by atoms with Gasteiger partial charge in [0.25, 0.3) is 0 Å². The van der Waals surface area contributed by atoms with Crippen LogP contribution in [-0.4, -0.2) is 23.6 Å². The lowest BCUT2D eigenvalue weighted by Crippen LogP contribution is -2.67. The number of ether oxygens (including phenoxy) is 1. The van der Waals surface area contributed by atoms with Crippen molar-refractivity contribution in [2.24, 2.45) is 51.2 Å². The van der Waals surface area contributed by atoms with Crippen molar-refractivity contribution in [3.8, 4) is 0 Å². The zero-order valence-corrected chi connectivity index (χ0v) is 24.3. The number of allylic oxidation sites excluding steroid dienone is 2. The first kappa shape index (κ1) is 27.6. The van der Waals surface area contributed by atoms with Crippen LogP contribution in [0.25, 0.3) is 0 Å². The van der Waals surface area contributed by atoms with Gasteiger partial charge in [0.2, 0.25) is 0 Å². The summed E-state index contributed by atoms with van der Waals surface area (Å²) in [6.45, 7) is 19.4. The molecule has 0 saturated heterocycles. The first-order valence-corrected chi connectivity index (χ1v) is 14.5. The molecule has 4 rings (SSSR count). The topological polar surface area (TPSA) is 60.4 Å². The highest BCUT2D eigenvalue weighted by Crippen LogP contribution is 2.73. The van der Waals surface area contributed by atoms with Gasteiger partial charge in [0.15, 0.2) is 0 Å². The van der Waals surface area contributed by atoms with Crippen LogP contribution in [0.2, 0.25) is 0 Å². The quantitative estimate of drug-likeness (QED) is 0.294. The van der Waals surface area contributed by atoms with Crippen LogP contribution >= 0.6 is 0 Å². The lowest BCUT2D eigenvalue weighted by atomic mass is 9.37. The van der Waals surface area contributed by atoms with Gasteiger partial charge in [-0.25, -0.2) is 0 Å². The Morgan fingerprint density at radius 1 is 0.972 bits per heavy atom. The van der Waals surface area contributed by atoms with Crippen molar-refractivity contribution < 1.29 is 19.1 Å². The van der Waals surface area contributed by atoms with E-state index in [9.17, 15) is 14.4 Å². The van der Waals surface area contributed by atoms with Crippen LogP contribution in [0.5, 0.6) is 0 Å². The van der Waals surface area contributed by atoms with Gasteiger partial charge in [-0.3, -0.25) is 14.4 Å². The molecule has 4 nitrogen and oxygen atoms in total. The van der Waals surface area contributed by atoms with Crippen LogP contribution < -0.4 is 0 Å². The van der Waals surface area contributed by atoms with Gasteiger partial charge < -0.3 is 4.74 Å². The number of rotatable bonds is 5. The van der Waals surface area contributed by atoms with E-state index < -0.39 is 0 Å². The van der Waals surface area contributed by atoms with Crippen LogP contribution in [-0.2, 0) is 19.1 Å². The number of carbonyl (C=O) groups excluding carboxylic acids is 3. The number of fused-ring (bicyclic) bond motifs is 5. The minimum atomic E-state index is -0.334. The summed E-state index contributed by atoms with van der Waals surface area (Å²) in [7, 11) is 0. The Hall–Kier alpha value is -1.45. The van der Waals surface area contributed by atoms with Crippen LogP contribution in [0.1, 0.15) is 114 Å². The molecule has 0 aromatic carbocycles. The molecule has 0 heterocycles. The van der Waals surface area contributed by atoms with E-state index >= 15 is 0 Å². The van der Waals surface area contributed by atoms with Gasteiger partial charge in [0.05, 0.1) is 0 Å². The zero-order chi connectivity index (χ0) is 26.8. The molecule has 1 unspecified atom stereocenters. The fourth-order valence-corrected chi connectivity index (χ4v) is 10.1. The van der Waals surface area contributed by atoms with Gasteiger partial charge in [-0.2, -0.15) is 0 Å². The summed E-state index contributed by atoms with van der Waals surface area (Å²) in [5.74, 6) is 1.03. The van der Waals surface area contributed by atoms with Crippen LogP contribution in [0, 0.1) is 51.2 Å². The summed E-state index contributed by atoms with van der Waals surface area (Å²) in [5, 5.41) is 0. The maximum Gasteiger partial charge on any atom is 0.302 e. The summed E-state index contributed by atoms with van der Waals surface area (Å²) >= 11 is 0. The fraction of sp³-hybridized carbons (Fsp3) is 0.844. The molecule has 4 fully saturated rings. The maximum absolute atomic E-state index is 14.2. The summed E-state index contributed by atoms with van der Waals surface area (Å²) in [6.07, 6.45) is 9.23. The zero-order valence-electron chi connectivity index (χ0n) is 24.3. The molecule has 4 aliphatic rings. The monoisotopic (exact) mass is 498 g/mol. The number of hydrogen-bond acceptors (Lipinski definition) is 4. The smallest absolute Gasteiger partial charge is 0.302 e. The molecule has 0 spiro atoms. The number of esters is 1. The molecule has 0 N–H and O–H groups in total. The van der Waals surface area contributed by atoms with Crippen molar-refractivity contribution >= 4 is 17.5 Å². The van der Waals surface area contributed by atoms with Gasteiger partial charge in [-0.1, -0.05) is 53.2 Å². The minimum absolute atomic E-state index is 0.0500. The molecular formula is C32H50O4. The third-order valence-corrected chi connectivity index (χ3v) is 12.1. The van der Waals surface area contributed by atoms with Crippen LogP contribution in [0.15, 0.2) is 11.6 Å². The van der Waals surface area contributed by atoms with Crippen molar-refractivity contribution in [1.29, 1.82) is 0 Å². The molecule has 36 heavy (non-hydrogen) atoms. The van der Waals surface area contributed by atoms with E-state index in [1.54, 1.807) is 0 Å². The predicted octanol–water partition coefficient (Wildman–Crippen LogP) is 7.34. The average molecular weight is 499 g/mol.